The molecule has 2 nitrogen and oxygen atoms in total. The summed E-state index contributed by atoms with van der Waals surface area (Å²) in [6, 6.07) is 9.99. The summed E-state index contributed by atoms with van der Waals surface area (Å²) in [6.07, 6.45) is 3.77. The Bertz CT molecular complexity index is 402. The molecule has 0 saturated carbocycles. The summed E-state index contributed by atoms with van der Waals surface area (Å²) in [6.45, 7) is 4.60. The molecular weight excluding hydrogens is 208 g/mol. The standard InChI is InChI=1S/C15H22N2/c1-11-6-7-15(17-9-8-12(16)10-17)14-5-3-2-4-13(11)14/h2-5,11-12,15H,6-10,16H2,1H3. The van der Waals surface area contributed by atoms with E-state index in [0.29, 0.717) is 12.1 Å². The molecule has 3 unspecified atom stereocenters. The van der Waals surface area contributed by atoms with E-state index in [1.54, 1.807) is 11.1 Å². The lowest BCUT2D eigenvalue weighted by Crippen LogP contribution is -2.32. The fraction of sp³-hybridized carbons (Fsp3) is 0.600. The monoisotopic (exact) mass is 230 g/mol. The highest BCUT2D eigenvalue weighted by Gasteiger charge is 2.32. The first kappa shape index (κ1) is 11.2. The molecule has 1 aliphatic heterocycles. The van der Waals surface area contributed by atoms with E-state index in [0.717, 1.165) is 18.9 Å². The molecule has 0 spiro atoms. The minimum absolute atomic E-state index is 0.390. The van der Waals surface area contributed by atoms with Gasteiger partial charge in [-0.25, -0.2) is 0 Å². The van der Waals surface area contributed by atoms with Gasteiger partial charge in [-0.3, -0.25) is 4.90 Å². The zero-order valence-electron chi connectivity index (χ0n) is 10.6. The first-order valence-corrected chi connectivity index (χ1v) is 6.84. The number of benzene rings is 1. The Hall–Kier alpha value is -0.860. The van der Waals surface area contributed by atoms with Gasteiger partial charge in [-0.05, 0) is 36.3 Å². The zero-order chi connectivity index (χ0) is 11.8. The van der Waals surface area contributed by atoms with Crippen molar-refractivity contribution in [2.75, 3.05) is 13.1 Å². The van der Waals surface area contributed by atoms with Crippen LogP contribution < -0.4 is 5.73 Å². The topological polar surface area (TPSA) is 29.3 Å². The lowest BCUT2D eigenvalue weighted by atomic mass is 9.80. The quantitative estimate of drug-likeness (QED) is 0.803. The largest absolute Gasteiger partial charge is 0.326 e. The van der Waals surface area contributed by atoms with Gasteiger partial charge in [-0.1, -0.05) is 31.2 Å². The van der Waals surface area contributed by atoms with Gasteiger partial charge >= 0.3 is 0 Å². The van der Waals surface area contributed by atoms with Gasteiger partial charge in [0, 0.05) is 25.2 Å². The highest BCUT2D eigenvalue weighted by Crippen LogP contribution is 2.41. The molecule has 1 fully saturated rings. The molecule has 0 aromatic heterocycles. The molecule has 0 bridgehead atoms. The third-order valence-corrected chi connectivity index (χ3v) is 4.46. The number of hydrogen-bond donors (Lipinski definition) is 1. The van der Waals surface area contributed by atoms with Gasteiger partial charge in [0.2, 0.25) is 0 Å². The number of nitrogens with zero attached hydrogens (tertiary/aromatic N) is 1. The third kappa shape index (κ3) is 2.00. The Morgan fingerprint density at radius 3 is 2.59 bits per heavy atom. The van der Waals surface area contributed by atoms with Gasteiger partial charge in [-0.15, -0.1) is 0 Å². The molecule has 1 saturated heterocycles. The summed E-state index contributed by atoms with van der Waals surface area (Å²) in [4.78, 5) is 2.59. The van der Waals surface area contributed by atoms with Crippen molar-refractivity contribution in [2.45, 2.75) is 44.2 Å². The van der Waals surface area contributed by atoms with Gasteiger partial charge in [0.25, 0.3) is 0 Å². The fourth-order valence-electron chi connectivity index (χ4n) is 3.46. The normalized spacial score (nSPS) is 33.6. The van der Waals surface area contributed by atoms with Crippen molar-refractivity contribution in [3.8, 4) is 0 Å². The lowest BCUT2D eigenvalue weighted by molar-refractivity contribution is 0.213. The zero-order valence-corrected chi connectivity index (χ0v) is 10.6. The average molecular weight is 230 g/mol. The highest BCUT2D eigenvalue weighted by atomic mass is 15.2. The van der Waals surface area contributed by atoms with Crippen LogP contribution in [0.25, 0.3) is 0 Å². The second-order valence-electron chi connectivity index (χ2n) is 5.67. The number of fused-ring (bicyclic) bond motifs is 1. The molecule has 3 atom stereocenters. The van der Waals surface area contributed by atoms with Gasteiger partial charge in [-0.2, -0.15) is 0 Å². The van der Waals surface area contributed by atoms with E-state index in [1.165, 1.54) is 19.4 Å². The predicted molar refractivity (Wildman–Crippen MR) is 71.0 cm³/mol. The van der Waals surface area contributed by atoms with Crippen LogP contribution in [0, 0.1) is 0 Å². The third-order valence-electron chi connectivity index (χ3n) is 4.46. The maximum absolute atomic E-state index is 6.04. The maximum Gasteiger partial charge on any atom is 0.0351 e. The first-order valence-electron chi connectivity index (χ1n) is 6.84. The van der Waals surface area contributed by atoms with Crippen LogP contribution in [0.5, 0.6) is 0 Å². The van der Waals surface area contributed by atoms with E-state index in [9.17, 15) is 0 Å². The first-order chi connectivity index (χ1) is 8.25. The molecule has 1 aromatic rings. The van der Waals surface area contributed by atoms with Gasteiger partial charge in [0.15, 0.2) is 0 Å². The van der Waals surface area contributed by atoms with Crippen molar-refractivity contribution in [2.24, 2.45) is 5.73 Å². The van der Waals surface area contributed by atoms with E-state index >= 15 is 0 Å². The van der Waals surface area contributed by atoms with Gasteiger partial charge < -0.3 is 5.73 Å². The van der Waals surface area contributed by atoms with Crippen molar-refractivity contribution in [3.05, 3.63) is 35.4 Å². The Balaban J connectivity index is 1.90. The molecule has 0 amide bonds. The minimum Gasteiger partial charge on any atom is -0.326 e. The van der Waals surface area contributed by atoms with Crippen molar-refractivity contribution in [3.63, 3.8) is 0 Å². The summed E-state index contributed by atoms with van der Waals surface area (Å²) in [5, 5.41) is 0. The minimum atomic E-state index is 0.390. The van der Waals surface area contributed by atoms with Gasteiger partial charge in [0.05, 0.1) is 0 Å². The second kappa shape index (κ2) is 4.43. The van der Waals surface area contributed by atoms with Crippen LogP contribution in [0.3, 0.4) is 0 Å². The van der Waals surface area contributed by atoms with E-state index < -0.39 is 0 Å². The highest BCUT2D eigenvalue weighted by molar-refractivity contribution is 5.35. The van der Waals surface area contributed by atoms with Crippen molar-refractivity contribution >= 4 is 0 Å². The molecular formula is C15H22N2. The summed E-state index contributed by atoms with van der Waals surface area (Å²) < 4.78 is 0. The van der Waals surface area contributed by atoms with Crippen LogP contribution in [0.1, 0.15) is 49.3 Å². The van der Waals surface area contributed by atoms with Crippen LogP contribution in [0.15, 0.2) is 24.3 Å². The van der Waals surface area contributed by atoms with Crippen LogP contribution in [0.2, 0.25) is 0 Å². The summed E-state index contributed by atoms with van der Waals surface area (Å²) in [7, 11) is 0. The van der Waals surface area contributed by atoms with E-state index in [1.807, 2.05) is 0 Å². The van der Waals surface area contributed by atoms with Crippen molar-refractivity contribution in [1.82, 2.24) is 4.90 Å². The van der Waals surface area contributed by atoms with E-state index in [2.05, 4.69) is 36.1 Å². The maximum atomic E-state index is 6.04. The molecule has 17 heavy (non-hydrogen) atoms. The molecule has 3 rings (SSSR count). The Morgan fingerprint density at radius 1 is 1.12 bits per heavy atom. The van der Waals surface area contributed by atoms with Crippen LogP contribution in [-0.2, 0) is 0 Å². The van der Waals surface area contributed by atoms with Crippen LogP contribution in [0.4, 0.5) is 0 Å². The molecule has 2 N–H and O–H groups in total. The molecule has 1 heterocycles. The molecule has 0 radical (unpaired) electrons. The predicted octanol–water partition coefficient (Wildman–Crippen LogP) is 2.66. The SMILES string of the molecule is CC1CCC(N2CCC(N)C2)c2ccccc21. The number of hydrogen-bond acceptors (Lipinski definition) is 2. The molecule has 1 aromatic carbocycles. The summed E-state index contributed by atoms with van der Waals surface area (Å²) in [5.74, 6) is 0.721. The smallest absolute Gasteiger partial charge is 0.0351 e. The molecule has 2 heteroatoms. The van der Waals surface area contributed by atoms with Crippen LogP contribution in [-0.4, -0.2) is 24.0 Å². The Labute approximate surface area is 104 Å². The molecule has 1 aliphatic carbocycles. The van der Waals surface area contributed by atoms with Gasteiger partial charge in [0.1, 0.15) is 0 Å². The summed E-state index contributed by atoms with van der Waals surface area (Å²) in [5.41, 5.74) is 9.15. The van der Waals surface area contributed by atoms with Crippen molar-refractivity contribution < 1.29 is 0 Å². The van der Waals surface area contributed by atoms with Crippen molar-refractivity contribution in [1.29, 1.82) is 0 Å². The van der Waals surface area contributed by atoms with E-state index in [-0.39, 0.29) is 0 Å². The molecule has 2 aliphatic rings. The summed E-state index contributed by atoms with van der Waals surface area (Å²) >= 11 is 0. The molecule has 92 valence electrons. The van der Waals surface area contributed by atoms with E-state index in [4.69, 9.17) is 5.73 Å². The lowest BCUT2D eigenvalue weighted by Gasteiger charge is -2.35. The Morgan fingerprint density at radius 2 is 1.88 bits per heavy atom. The van der Waals surface area contributed by atoms with Crippen LogP contribution >= 0.6 is 0 Å². The number of likely N-dealkylation sites (tertiary alicyclic amines) is 1. The number of nitrogens with two attached hydrogens (primary N) is 1. The fourth-order valence-corrected chi connectivity index (χ4v) is 3.46. The second-order valence-corrected chi connectivity index (χ2v) is 5.67. The average Bonchev–Trinajstić information content (AvgIpc) is 2.77. The Kier molecular flexibility index (Phi) is 2.93. The number of rotatable bonds is 1.